The molecule has 0 atom stereocenters. The first kappa shape index (κ1) is 22.4. The van der Waals surface area contributed by atoms with E-state index in [1.165, 1.54) is 10.7 Å². The largest absolute Gasteiger partial charge is 0.332 e. The highest BCUT2D eigenvalue weighted by molar-refractivity contribution is 7.89. The van der Waals surface area contributed by atoms with Crippen molar-refractivity contribution >= 4 is 38.9 Å². The van der Waals surface area contributed by atoms with Gasteiger partial charge >= 0.3 is 0 Å². The molecule has 1 saturated carbocycles. The van der Waals surface area contributed by atoms with Crippen molar-refractivity contribution in [2.24, 2.45) is 0 Å². The summed E-state index contributed by atoms with van der Waals surface area (Å²) in [5.74, 6) is -0.301. The van der Waals surface area contributed by atoms with Gasteiger partial charge in [0, 0.05) is 24.3 Å². The highest BCUT2D eigenvalue weighted by Crippen LogP contribution is 2.27. The van der Waals surface area contributed by atoms with E-state index in [-0.39, 0.29) is 22.0 Å². The van der Waals surface area contributed by atoms with E-state index in [1.54, 1.807) is 43.4 Å². The number of hydrogen-bond donors (Lipinski definition) is 2. The van der Waals surface area contributed by atoms with Crippen LogP contribution in [0.3, 0.4) is 0 Å². The molecule has 0 unspecified atom stereocenters. The van der Waals surface area contributed by atoms with E-state index in [2.05, 4.69) is 10.6 Å². The summed E-state index contributed by atoms with van der Waals surface area (Å²) in [6.07, 6.45) is 5.12. The first-order valence-electron chi connectivity index (χ1n) is 10.0. The molecule has 3 rings (SSSR count). The molecule has 0 heterocycles. The summed E-state index contributed by atoms with van der Waals surface area (Å²) in [5.41, 5.74) is 2.10. The Morgan fingerprint density at radius 3 is 2.37 bits per heavy atom. The van der Waals surface area contributed by atoms with Crippen LogP contribution in [-0.4, -0.2) is 36.8 Å². The maximum Gasteiger partial charge on any atom is 0.257 e. The minimum Gasteiger partial charge on any atom is -0.332 e. The lowest BCUT2D eigenvalue weighted by Crippen LogP contribution is -2.38. The molecule has 2 N–H and O–H groups in total. The zero-order valence-electron chi connectivity index (χ0n) is 17.2. The zero-order valence-corrected chi connectivity index (χ0v) is 18.9. The number of rotatable bonds is 5. The molecule has 0 spiro atoms. The van der Waals surface area contributed by atoms with Gasteiger partial charge in [0.25, 0.3) is 5.91 Å². The second kappa shape index (κ2) is 9.68. The number of anilines is 1. The van der Waals surface area contributed by atoms with Gasteiger partial charge in [0.1, 0.15) is 0 Å². The van der Waals surface area contributed by atoms with Gasteiger partial charge in [-0.3, -0.25) is 10.1 Å². The molecule has 160 valence electrons. The lowest BCUT2D eigenvalue weighted by Gasteiger charge is -2.30. The van der Waals surface area contributed by atoms with Gasteiger partial charge in [0.2, 0.25) is 10.0 Å². The number of carbonyl (C=O) groups is 1. The Kier molecular flexibility index (Phi) is 7.23. The Morgan fingerprint density at radius 2 is 1.73 bits per heavy atom. The third kappa shape index (κ3) is 5.44. The van der Waals surface area contributed by atoms with Gasteiger partial charge in [-0.1, -0.05) is 37.0 Å². The highest BCUT2D eigenvalue weighted by atomic mass is 32.2. The van der Waals surface area contributed by atoms with Crippen LogP contribution in [0, 0.1) is 6.92 Å². The molecule has 1 fully saturated rings. The van der Waals surface area contributed by atoms with Crippen LogP contribution >= 0.6 is 12.2 Å². The van der Waals surface area contributed by atoms with Crippen LogP contribution in [0.25, 0.3) is 0 Å². The number of nitrogens with one attached hydrogen (secondary N) is 2. The SMILES string of the molecule is Cc1cccc(C(=O)NC(=S)Nc2ccc(S(=O)(=O)N(C)C3CCCCC3)cc2)c1. The van der Waals surface area contributed by atoms with Crippen LogP contribution < -0.4 is 10.6 Å². The van der Waals surface area contributed by atoms with Gasteiger partial charge in [-0.2, -0.15) is 4.31 Å². The van der Waals surface area contributed by atoms with Gasteiger partial charge in [-0.05, 0) is 68.4 Å². The molecular formula is C22H27N3O3S2. The second-order valence-corrected chi connectivity index (χ2v) is 10.0. The number of amides is 1. The molecule has 1 aliphatic rings. The number of sulfonamides is 1. The van der Waals surface area contributed by atoms with Crippen LogP contribution in [0.2, 0.25) is 0 Å². The third-order valence-corrected chi connectivity index (χ3v) is 7.51. The minimum atomic E-state index is -3.54. The number of hydrogen-bond acceptors (Lipinski definition) is 4. The Balaban J connectivity index is 1.62. The molecule has 1 aliphatic carbocycles. The topological polar surface area (TPSA) is 78.5 Å². The molecule has 6 nitrogen and oxygen atoms in total. The van der Waals surface area contributed by atoms with E-state index in [1.807, 2.05) is 19.1 Å². The summed E-state index contributed by atoms with van der Waals surface area (Å²) in [5, 5.41) is 5.70. The summed E-state index contributed by atoms with van der Waals surface area (Å²) in [4.78, 5) is 12.5. The fourth-order valence-electron chi connectivity index (χ4n) is 3.64. The molecular weight excluding hydrogens is 418 g/mol. The van der Waals surface area contributed by atoms with Gasteiger partial charge in [0.15, 0.2) is 5.11 Å². The lowest BCUT2D eigenvalue weighted by atomic mass is 9.96. The van der Waals surface area contributed by atoms with Crippen molar-refractivity contribution < 1.29 is 13.2 Å². The Morgan fingerprint density at radius 1 is 1.07 bits per heavy atom. The molecule has 0 saturated heterocycles. The molecule has 0 radical (unpaired) electrons. The van der Waals surface area contributed by atoms with Crippen LogP contribution in [0.1, 0.15) is 48.0 Å². The number of nitrogens with zero attached hydrogens (tertiary/aromatic N) is 1. The van der Waals surface area contributed by atoms with Crippen LogP contribution in [0.5, 0.6) is 0 Å². The van der Waals surface area contributed by atoms with E-state index in [4.69, 9.17) is 12.2 Å². The maximum absolute atomic E-state index is 12.9. The Bertz CT molecular complexity index is 1010. The normalized spacial score (nSPS) is 15.0. The average molecular weight is 446 g/mol. The van der Waals surface area contributed by atoms with Crippen molar-refractivity contribution in [3.8, 4) is 0 Å². The van der Waals surface area contributed by atoms with Gasteiger partial charge in [0.05, 0.1) is 4.90 Å². The third-order valence-electron chi connectivity index (χ3n) is 5.39. The molecule has 2 aromatic carbocycles. The number of aryl methyl sites for hydroxylation is 1. The van der Waals surface area contributed by atoms with Gasteiger partial charge in [-0.15, -0.1) is 0 Å². The Hall–Kier alpha value is -2.29. The quantitative estimate of drug-likeness (QED) is 0.678. The fourth-order valence-corrected chi connectivity index (χ4v) is 5.27. The molecule has 8 heteroatoms. The molecule has 0 aromatic heterocycles. The zero-order chi connectivity index (χ0) is 21.7. The number of benzene rings is 2. The lowest BCUT2D eigenvalue weighted by molar-refractivity contribution is 0.0977. The van der Waals surface area contributed by atoms with Gasteiger partial charge < -0.3 is 5.32 Å². The summed E-state index contributed by atoms with van der Waals surface area (Å²) < 4.78 is 27.3. The van der Waals surface area contributed by atoms with Crippen molar-refractivity contribution in [1.29, 1.82) is 0 Å². The summed E-state index contributed by atoms with van der Waals surface area (Å²) >= 11 is 5.21. The highest BCUT2D eigenvalue weighted by Gasteiger charge is 2.28. The number of carbonyl (C=O) groups excluding carboxylic acids is 1. The van der Waals surface area contributed by atoms with Crippen molar-refractivity contribution in [3.63, 3.8) is 0 Å². The smallest absolute Gasteiger partial charge is 0.257 e. The van der Waals surface area contributed by atoms with Gasteiger partial charge in [-0.25, -0.2) is 8.42 Å². The summed E-state index contributed by atoms with van der Waals surface area (Å²) in [6.45, 7) is 1.91. The molecule has 30 heavy (non-hydrogen) atoms. The molecule has 0 aliphatic heterocycles. The van der Waals surface area contributed by atoms with E-state index in [9.17, 15) is 13.2 Å². The van der Waals surface area contributed by atoms with E-state index >= 15 is 0 Å². The molecule has 0 bridgehead atoms. The van der Waals surface area contributed by atoms with Crippen LogP contribution in [0.15, 0.2) is 53.4 Å². The van der Waals surface area contributed by atoms with E-state index in [0.29, 0.717) is 11.3 Å². The Labute approximate surface area is 183 Å². The van der Waals surface area contributed by atoms with Crippen LogP contribution in [-0.2, 0) is 10.0 Å². The fraction of sp³-hybridized carbons (Fsp3) is 0.364. The van der Waals surface area contributed by atoms with E-state index in [0.717, 1.165) is 31.2 Å². The monoisotopic (exact) mass is 445 g/mol. The maximum atomic E-state index is 12.9. The summed E-state index contributed by atoms with van der Waals surface area (Å²) in [7, 11) is -1.88. The van der Waals surface area contributed by atoms with Crippen molar-refractivity contribution in [2.75, 3.05) is 12.4 Å². The second-order valence-electron chi connectivity index (χ2n) is 7.62. The predicted molar refractivity (Wildman–Crippen MR) is 123 cm³/mol. The predicted octanol–water partition coefficient (Wildman–Crippen LogP) is 4.08. The van der Waals surface area contributed by atoms with Crippen molar-refractivity contribution in [3.05, 3.63) is 59.7 Å². The van der Waals surface area contributed by atoms with Crippen LogP contribution in [0.4, 0.5) is 5.69 Å². The van der Waals surface area contributed by atoms with Crippen molar-refractivity contribution in [2.45, 2.75) is 50.0 Å². The standard InChI is InChI=1S/C22H27N3O3S2/c1-16-7-6-8-17(15-16)21(26)24-22(29)23-18-11-13-20(14-12-18)30(27,28)25(2)19-9-4-3-5-10-19/h6-8,11-15,19H,3-5,9-10H2,1-2H3,(H2,23,24,26,29). The first-order chi connectivity index (χ1) is 14.3. The average Bonchev–Trinajstić information content (AvgIpc) is 2.74. The van der Waals surface area contributed by atoms with E-state index < -0.39 is 10.0 Å². The number of thiocarbonyl (C=S) groups is 1. The first-order valence-corrected chi connectivity index (χ1v) is 11.9. The summed E-state index contributed by atoms with van der Waals surface area (Å²) in [6, 6.07) is 13.7. The molecule has 1 amide bonds. The molecule has 2 aromatic rings. The minimum absolute atomic E-state index is 0.0611. The van der Waals surface area contributed by atoms with Crippen molar-refractivity contribution in [1.82, 2.24) is 9.62 Å².